The SMILES string of the molecule is COc1ccc(NC(=O)C2C3NC(=S)N(c4ccc(C)cc4)C2(C)Oc2ccc(Br)cc23)cc1. The van der Waals surface area contributed by atoms with Gasteiger partial charge in [0.2, 0.25) is 5.91 Å². The highest BCUT2D eigenvalue weighted by atomic mass is 79.9. The molecule has 3 aromatic rings. The number of fused-ring (bicyclic) bond motifs is 4. The minimum absolute atomic E-state index is 0.171. The Labute approximate surface area is 212 Å². The predicted molar refractivity (Wildman–Crippen MR) is 140 cm³/mol. The van der Waals surface area contributed by atoms with E-state index in [-0.39, 0.29) is 11.9 Å². The number of ether oxygens (including phenoxy) is 2. The van der Waals surface area contributed by atoms with Crippen molar-refractivity contribution >= 4 is 50.5 Å². The number of hydrogen-bond acceptors (Lipinski definition) is 4. The standard InChI is InChI=1S/C26H24BrN3O3S/c1-15-4-9-18(10-5-15)30-25(34)29-23-20-14-16(27)6-13-21(20)33-26(30,2)22(23)24(31)28-17-7-11-19(32-3)12-8-17/h4-14,22-23H,1-3H3,(H,28,31)(H,29,34). The first kappa shape index (κ1) is 22.7. The van der Waals surface area contributed by atoms with Crippen molar-refractivity contribution in [1.29, 1.82) is 0 Å². The lowest BCUT2D eigenvalue weighted by molar-refractivity contribution is -0.130. The molecule has 3 aromatic carbocycles. The molecule has 0 aliphatic carbocycles. The van der Waals surface area contributed by atoms with Crippen molar-refractivity contribution in [3.63, 3.8) is 0 Å². The molecule has 8 heteroatoms. The quantitative estimate of drug-likeness (QED) is 0.424. The average molecular weight is 538 g/mol. The molecule has 2 aliphatic heterocycles. The summed E-state index contributed by atoms with van der Waals surface area (Å²) in [5.41, 5.74) is 2.49. The van der Waals surface area contributed by atoms with E-state index in [1.54, 1.807) is 7.11 Å². The summed E-state index contributed by atoms with van der Waals surface area (Å²) < 4.78 is 12.8. The Balaban J connectivity index is 1.59. The third-order valence-electron chi connectivity index (χ3n) is 6.39. The van der Waals surface area contributed by atoms with E-state index in [0.29, 0.717) is 10.8 Å². The van der Waals surface area contributed by atoms with Gasteiger partial charge in [-0.05, 0) is 80.7 Å². The number of anilines is 2. The second-order valence-corrected chi connectivity index (χ2v) is 9.93. The molecule has 3 unspecified atom stereocenters. The molecule has 0 radical (unpaired) electrons. The fourth-order valence-corrected chi connectivity index (χ4v) is 5.52. The summed E-state index contributed by atoms with van der Waals surface area (Å²) in [6.07, 6.45) is 0. The summed E-state index contributed by atoms with van der Waals surface area (Å²) in [5, 5.41) is 7.00. The first-order valence-electron chi connectivity index (χ1n) is 10.9. The van der Waals surface area contributed by atoms with Crippen molar-refractivity contribution in [1.82, 2.24) is 5.32 Å². The van der Waals surface area contributed by atoms with Crippen molar-refractivity contribution in [2.24, 2.45) is 5.92 Å². The summed E-state index contributed by atoms with van der Waals surface area (Å²) in [4.78, 5) is 15.7. The average Bonchev–Trinajstić information content (AvgIpc) is 2.81. The Morgan fingerprint density at radius 3 is 2.53 bits per heavy atom. The molecule has 2 bridgehead atoms. The molecule has 2 aliphatic rings. The van der Waals surface area contributed by atoms with Crippen LogP contribution in [0.3, 0.4) is 0 Å². The van der Waals surface area contributed by atoms with Crippen molar-refractivity contribution in [2.75, 3.05) is 17.3 Å². The van der Waals surface area contributed by atoms with Crippen LogP contribution < -0.4 is 25.0 Å². The van der Waals surface area contributed by atoms with Crippen LogP contribution in [0.25, 0.3) is 0 Å². The fourth-order valence-electron chi connectivity index (χ4n) is 4.73. The zero-order valence-corrected chi connectivity index (χ0v) is 21.4. The maximum atomic E-state index is 13.8. The van der Waals surface area contributed by atoms with Crippen LogP contribution in [0.1, 0.15) is 24.1 Å². The number of rotatable bonds is 4. The largest absolute Gasteiger partial charge is 0.497 e. The Morgan fingerprint density at radius 1 is 1.15 bits per heavy atom. The summed E-state index contributed by atoms with van der Waals surface area (Å²) in [6, 6.07) is 20.8. The molecule has 2 heterocycles. The van der Waals surface area contributed by atoms with Gasteiger partial charge in [-0.25, -0.2) is 0 Å². The first-order valence-corrected chi connectivity index (χ1v) is 12.1. The van der Waals surface area contributed by atoms with Gasteiger partial charge in [-0.3, -0.25) is 9.69 Å². The number of thiocarbonyl (C=S) groups is 1. The van der Waals surface area contributed by atoms with Gasteiger partial charge in [-0.2, -0.15) is 0 Å². The molecule has 0 spiro atoms. The molecule has 34 heavy (non-hydrogen) atoms. The van der Waals surface area contributed by atoms with Crippen molar-refractivity contribution in [3.05, 3.63) is 82.3 Å². The van der Waals surface area contributed by atoms with Crippen LogP contribution in [0.4, 0.5) is 11.4 Å². The van der Waals surface area contributed by atoms with E-state index in [1.807, 2.05) is 85.5 Å². The number of carbonyl (C=O) groups is 1. The summed E-state index contributed by atoms with van der Waals surface area (Å²) >= 11 is 9.35. The fraction of sp³-hybridized carbons (Fsp3) is 0.231. The van der Waals surface area contributed by atoms with Gasteiger partial charge >= 0.3 is 0 Å². The van der Waals surface area contributed by atoms with E-state index in [1.165, 1.54) is 0 Å². The smallest absolute Gasteiger partial charge is 0.236 e. The molecule has 1 saturated heterocycles. The molecule has 1 amide bonds. The summed E-state index contributed by atoms with van der Waals surface area (Å²) in [6.45, 7) is 3.96. The molecule has 0 aromatic heterocycles. The molecular formula is C26H24BrN3O3S. The molecule has 6 nitrogen and oxygen atoms in total. The normalized spacial score (nSPS) is 22.8. The highest BCUT2D eigenvalue weighted by molar-refractivity contribution is 9.10. The van der Waals surface area contributed by atoms with Gasteiger partial charge in [0, 0.05) is 21.4 Å². The van der Waals surface area contributed by atoms with E-state index >= 15 is 0 Å². The monoisotopic (exact) mass is 537 g/mol. The Morgan fingerprint density at radius 2 is 1.85 bits per heavy atom. The van der Waals surface area contributed by atoms with Gasteiger partial charge < -0.3 is 20.1 Å². The highest BCUT2D eigenvalue weighted by Crippen LogP contribution is 2.50. The summed E-state index contributed by atoms with van der Waals surface area (Å²) in [5.74, 6) is 0.662. The second-order valence-electron chi connectivity index (χ2n) is 8.63. The molecule has 1 fully saturated rings. The van der Waals surface area contributed by atoms with Crippen molar-refractivity contribution < 1.29 is 14.3 Å². The van der Waals surface area contributed by atoms with Gasteiger partial charge in [0.1, 0.15) is 17.4 Å². The lowest BCUT2D eigenvalue weighted by Crippen LogP contribution is -2.72. The van der Waals surface area contributed by atoms with Gasteiger partial charge in [0.05, 0.1) is 13.2 Å². The first-order chi connectivity index (χ1) is 16.3. The molecular weight excluding hydrogens is 514 g/mol. The molecule has 0 saturated carbocycles. The Hall–Kier alpha value is -3.10. The number of nitrogens with one attached hydrogen (secondary N) is 2. The maximum absolute atomic E-state index is 13.8. The number of halogens is 1. The molecule has 2 N–H and O–H groups in total. The van der Waals surface area contributed by atoms with Gasteiger partial charge in [-0.1, -0.05) is 33.6 Å². The van der Waals surface area contributed by atoms with Crippen LogP contribution in [0, 0.1) is 12.8 Å². The lowest BCUT2D eigenvalue weighted by Gasteiger charge is -2.56. The van der Waals surface area contributed by atoms with E-state index in [4.69, 9.17) is 21.7 Å². The Kier molecular flexibility index (Phi) is 5.73. The number of aryl methyl sites for hydroxylation is 1. The van der Waals surface area contributed by atoms with Gasteiger partial charge in [0.15, 0.2) is 10.8 Å². The van der Waals surface area contributed by atoms with Gasteiger partial charge in [0.25, 0.3) is 0 Å². The number of benzene rings is 3. The molecule has 3 atom stereocenters. The number of carbonyl (C=O) groups excluding carboxylic acids is 1. The van der Waals surface area contributed by atoms with E-state index < -0.39 is 11.6 Å². The number of hydrogen-bond donors (Lipinski definition) is 2. The van der Waals surface area contributed by atoms with Gasteiger partial charge in [-0.15, -0.1) is 0 Å². The predicted octanol–water partition coefficient (Wildman–Crippen LogP) is 5.57. The minimum Gasteiger partial charge on any atom is -0.497 e. The third kappa shape index (κ3) is 3.80. The number of amides is 1. The number of methoxy groups -OCH3 is 1. The van der Waals surface area contributed by atoms with E-state index in [9.17, 15) is 4.79 Å². The Bertz CT molecular complexity index is 1270. The van der Waals surface area contributed by atoms with Crippen LogP contribution >= 0.6 is 28.1 Å². The van der Waals surface area contributed by atoms with Crippen LogP contribution in [-0.4, -0.2) is 23.9 Å². The topological polar surface area (TPSA) is 62.8 Å². The summed E-state index contributed by atoms with van der Waals surface area (Å²) in [7, 11) is 1.61. The zero-order valence-electron chi connectivity index (χ0n) is 19.0. The van der Waals surface area contributed by atoms with Crippen LogP contribution in [0.2, 0.25) is 0 Å². The molecule has 5 rings (SSSR count). The van der Waals surface area contributed by atoms with Crippen LogP contribution in [0.15, 0.2) is 71.2 Å². The number of nitrogens with zero attached hydrogens (tertiary/aromatic N) is 1. The highest BCUT2D eigenvalue weighted by Gasteiger charge is 2.59. The van der Waals surface area contributed by atoms with E-state index in [2.05, 4.69) is 26.6 Å². The third-order valence-corrected chi connectivity index (χ3v) is 7.19. The maximum Gasteiger partial charge on any atom is 0.236 e. The van der Waals surface area contributed by atoms with Crippen LogP contribution in [-0.2, 0) is 4.79 Å². The second kappa shape index (κ2) is 8.60. The van der Waals surface area contributed by atoms with Crippen molar-refractivity contribution in [2.45, 2.75) is 25.6 Å². The van der Waals surface area contributed by atoms with Crippen molar-refractivity contribution in [3.8, 4) is 11.5 Å². The molecule has 174 valence electrons. The lowest BCUT2D eigenvalue weighted by atomic mass is 9.78. The van der Waals surface area contributed by atoms with E-state index in [0.717, 1.165) is 32.8 Å². The van der Waals surface area contributed by atoms with Crippen LogP contribution in [0.5, 0.6) is 11.5 Å². The zero-order chi connectivity index (χ0) is 24.0. The minimum atomic E-state index is -1.06.